The first-order chi connectivity index (χ1) is 9.24. The summed E-state index contributed by atoms with van der Waals surface area (Å²) in [5.74, 6) is 0.781. The Morgan fingerprint density at radius 1 is 1.37 bits per heavy atom. The molecule has 0 aliphatic heterocycles. The van der Waals surface area contributed by atoms with Crippen molar-refractivity contribution < 1.29 is 9.21 Å². The van der Waals surface area contributed by atoms with Crippen molar-refractivity contribution in [3.63, 3.8) is 0 Å². The van der Waals surface area contributed by atoms with E-state index in [2.05, 4.69) is 4.98 Å². The number of rotatable bonds is 5. The van der Waals surface area contributed by atoms with Gasteiger partial charge in [0.1, 0.15) is 5.76 Å². The molecule has 0 spiro atoms. The Kier molecular flexibility index (Phi) is 4.30. The summed E-state index contributed by atoms with van der Waals surface area (Å²) in [5, 5.41) is 0. The minimum absolute atomic E-state index is 0.146. The number of amides is 1. The molecule has 0 aliphatic carbocycles. The zero-order valence-electron chi connectivity index (χ0n) is 10.9. The van der Waals surface area contributed by atoms with E-state index >= 15 is 0 Å². The normalized spacial score (nSPS) is 10.4. The van der Waals surface area contributed by atoms with Gasteiger partial charge in [0.25, 0.3) is 5.91 Å². The molecule has 5 nitrogen and oxygen atoms in total. The van der Waals surface area contributed by atoms with E-state index in [1.165, 1.54) is 0 Å². The maximum absolute atomic E-state index is 12.3. The van der Waals surface area contributed by atoms with Gasteiger partial charge in [-0.3, -0.25) is 9.78 Å². The maximum Gasteiger partial charge on any atom is 0.289 e. The standard InChI is InChI=1S/C14H17N3O2/c1-2-17(10-11-5-3-4-8-16-11)14(18)13-7-6-12(9-15)19-13/h3-8H,2,9-10,15H2,1H3. The second kappa shape index (κ2) is 6.15. The van der Waals surface area contributed by atoms with Gasteiger partial charge in [0.2, 0.25) is 0 Å². The molecule has 2 N–H and O–H groups in total. The van der Waals surface area contributed by atoms with Crippen LogP contribution in [-0.2, 0) is 13.1 Å². The summed E-state index contributed by atoms with van der Waals surface area (Å²) in [6, 6.07) is 9.03. The molecule has 1 amide bonds. The Labute approximate surface area is 112 Å². The number of hydrogen-bond acceptors (Lipinski definition) is 4. The molecule has 0 atom stereocenters. The Balaban J connectivity index is 2.11. The summed E-state index contributed by atoms with van der Waals surface area (Å²) >= 11 is 0. The van der Waals surface area contributed by atoms with Gasteiger partial charge >= 0.3 is 0 Å². The molecular formula is C14H17N3O2. The monoisotopic (exact) mass is 259 g/mol. The summed E-state index contributed by atoms with van der Waals surface area (Å²) in [7, 11) is 0. The first kappa shape index (κ1) is 13.3. The van der Waals surface area contributed by atoms with Crippen LogP contribution in [0.15, 0.2) is 40.9 Å². The smallest absolute Gasteiger partial charge is 0.289 e. The average molecular weight is 259 g/mol. The van der Waals surface area contributed by atoms with Crippen molar-refractivity contribution in [3.8, 4) is 0 Å². The Bertz CT molecular complexity index is 537. The third-order valence-electron chi connectivity index (χ3n) is 2.82. The van der Waals surface area contributed by atoms with Crippen molar-refractivity contribution in [1.82, 2.24) is 9.88 Å². The number of carbonyl (C=O) groups is 1. The van der Waals surface area contributed by atoms with Gasteiger partial charge in [0.05, 0.1) is 18.8 Å². The number of furan rings is 1. The van der Waals surface area contributed by atoms with Crippen molar-refractivity contribution in [2.45, 2.75) is 20.0 Å². The summed E-state index contributed by atoms with van der Waals surface area (Å²) in [6.07, 6.45) is 1.72. The van der Waals surface area contributed by atoms with E-state index in [9.17, 15) is 4.79 Å². The lowest BCUT2D eigenvalue weighted by molar-refractivity contribution is 0.0716. The van der Waals surface area contributed by atoms with Gasteiger partial charge in [-0.15, -0.1) is 0 Å². The molecule has 0 radical (unpaired) electrons. The lowest BCUT2D eigenvalue weighted by atomic mass is 10.3. The quantitative estimate of drug-likeness (QED) is 0.888. The zero-order chi connectivity index (χ0) is 13.7. The maximum atomic E-state index is 12.3. The first-order valence-corrected chi connectivity index (χ1v) is 6.22. The van der Waals surface area contributed by atoms with Gasteiger partial charge in [0.15, 0.2) is 5.76 Å². The Morgan fingerprint density at radius 2 is 2.21 bits per heavy atom. The van der Waals surface area contributed by atoms with E-state index in [0.717, 1.165) is 5.69 Å². The third-order valence-corrected chi connectivity index (χ3v) is 2.82. The van der Waals surface area contributed by atoms with Crippen LogP contribution >= 0.6 is 0 Å². The molecule has 5 heteroatoms. The highest BCUT2D eigenvalue weighted by Gasteiger charge is 2.18. The van der Waals surface area contributed by atoms with Crippen LogP contribution in [-0.4, -0.2) is 22.3 Å². The zero-order valence-corrected chi connectivity index (χ0v) is 10.9. The second-order valence-corrected chi connectivity index (χ2v) is 4.11. The van der Waals surface area contributed by atoms with Crippen LogP contribution in [0.1, 0.15) is 28.9 Å². The Hall–Kier alpha value is -2.14. The number of aromatic nitrogens is 1. The van der Waals surface area contributed by atoms with E-state index in [0.29, 0.717) is 31.2 Å². The van der Waals surface area contributed by atoms with E-state index < -0.39 is 0 Å². The van der Waals surface area contributed by atoms with E-state index in [4.69, 9.17) is 10.2 Å². The molecule has 0 aromatic carbocycles. The number of nitrogens with two attached hydrogens (primary N) is 1. The summed E-state index contributed by atoms with van der Waals surface area (Å²) < 4.78 is 5.38. The van der Waals surface area contributed by atoms with Crippen LogP contribution in [0.5, 0.6) is 0 Å². The van der Waals surface area contributed by atoms with Crippen LogP contribution < -0.4 is 5.73 Å². The molecular weight excluding hydrogens is 242 g/mol. The van der Waals surface area contributed by atoms with Crippen molar-refractivity contribution in [1.29, 1.82) is 0 Å². The third kappa shape index (κ3) is 3.20. The van der Waals surface area contributed by atoms with Crippen molar-refractivity contribution in [2.75, 3.05) is 6.54 Å². The van der Waals surface area contributed by atoms with Gasteiger partial charge in [-0.25, -0.2) is 0 Å². The average Bonchev–Trinajstić information content (AvgIpc) is 2.94. The minimum atomic E-state index is -0.146. The molecule has 0 bridgehead atoms. The minimum Gasteiger partial charge on any atom is -0.455 e. The summed E-state index contributed by atoms with van der Waals surface area (Å²) in [6.45, 7) is 3.27. The van der Waals surface area contributed by atoms with Gasteiger partial charge in [-0.1, -0.05) is 6.07 Å². The SMILES string of the molecule is CCN(Cc1ccccn1)C(=O)c1ccc(CN)o1. The molecule has 2 aromatic heterocycles. The number of nitrogens with zero attached hydrogens (tertiary/aromatic N) is 2. The van der Waals surface area contributed by atoms with Crippen LogP contribution in [0.2, 0.25) is 0 Å². The fourth-order valence-electron chi connectivity index (χ4n) is 1.77. The predicted molar refractivity (Wildman–Crippen MR) is 71.3 cm³/mol. The molecule has 2 rings (SSSR count). The number of carbonyl (C=O) groups excluding carboxylic acids is 1. The topological polar surface area (TPSA) is 72.4 Å². The fraction of sp³-hybridized carbons (Fsp3) is 0.286. The van der Waals surface area contributed by atoms with Crippen molar-refractivity contribution in [2.24, 2.45) is 5.73 Å². The molecule has 2 heterocycles. The molecule has 0 saturated carbocycles. The van der Waals surface area contributed by atoms with Gasteiger partial charge < -0.3 is 15.1 Å². The van der Waals surface area contributed by atoms with Crippen LogP contribution in [0.3, 0.4) is 0 Å². The largest absolute Gasteiger partial charge is 0.455 e. The molecule has 0 unspecified atom stereocenters. The lowest BCUT2D eigenvalue weighted by Gasteiger charge is -2.19. The molecule has 100 valence electrons. The van der Waals surface area contributed by atoms with Crippen molar-refractivity contribution in [3.05, 3.63) is 53.7 Å². The molecule has 0 saturated heterocycles. The summed E-state index contributed by atoms with van der Waals surface area (Å²) in [4.78, 5) is 18.2. The van der Waals surface area contributed by atoms with Gasteiger partial charge in [-0.05, 0) is 31.2 Å². The molecule has 19 heavy (non-hydrogen) atoms. The number of hydrogen-bond donors (Lipinski definition) is 1. The first-order valence-electron chi connectivity index (χ1n) is 6.22. The van der Waals surface area contributed by atoms with Gasteiger partial charge in [0, 0.05) is 12.7 Å². The lowest BCUT2D eigenvalue weighted by Crippen LogP contribution is -2.30. The highest BCUT2D eigenvalue weighted by Crippen LogP contribution is 2.12. The van der Waals surface area contributed by atoms with Crippen LogP contribution in [0.25, 0.3) is 0 Å². The van der Waals surface area contributed by atoms with E-state index in [1.54, 1.807) is 23.2 Å². The number of pyridine rings is 1. The summed E-state index contributed by atoms with van der Waals surface area (Å²) in [5.41, 5.74) is 6.32. The van der Waals surface area contributed by atoms with Crippen LogP contribution in [0, 0.1) is 0 Å². The Morgan fingerprint density at radius 3 is 2.79 bits per heavy atom. The van der Waals surface area contributed by atoms with Crippen LogP contribution in [0.4, 0.5) is 0 Å². The van der Waals surface area contributed by atoms with Gasteiger partial charge in [-0.2, -0.15) is 0 Å². The molecule has 2 aromatic rings. The fourth-order valence-corrected chi connectivity index (χ4v) is 1.77. The highest BCUT2D eigenvalue weighted by atomic mass is 16.4. The van der Waals surface area contributed by atoms with E-state index in [-0.39, 0.29) is 5.91 Å². The van der Waals surface area contributed by atoms with E-state index in [1.807, 2.05) is 25.1 Å². The predicted octanol–water partition coefficient (Wildman–Crippen LogP) is 1.80. The molecule has 0 aliphatic rings. The second-order valence-electron chi connectivity index (χ2n) is 4.11. The van der Waals surface area contributed by atoms with Crippen molar-refractivity contribution >= 4 is 5.91 Å². The molecule has 0 fully saturated rings. The highest BCUT2D eigenvalue weighted by molar-refractivity contribution is 5.91.